The van der Waals surface area contributed by atoms with Gasteiger partial charge in [0.1, 0.15) is 11.4 Å². The van der Waals surface area contributed by atoms with Crippen LogP contribution in [0.25, 0.3) is 0 Å². The van der Waals surface area contributed by atoms with E-state index in [1.165, 1.54) is 9.58 Å². The molecule has 10 heteroatoms. The van der Waals surface area contributed by atoms with Crippen LogP contribution in [0.1, 0.15) is 63.6 Å². The first kappa shape index (κ1) is 20.6. The molecular formula is C20H30N6O4. The third kappa shape index (κ3) is 3.99. The Morgan fingerprint density at radius 2 is 1.87 bits per heavy atom. The van der Waals surface area contributed by atoms with Crippen LogP contribution in [0, 0.1) is 0 Å². The molecule has 10 nitrogen and oxygen atoms in total. The Kier molecular flexibility index (Phi) is 5.92. The maximum Gasteiger partial charge on any atom is 0.345 e. The van der Waals surface area contributed by atoms with Gasteiger partial charge in [0, 0.05) is 39.0 Å². The number of urea groups is 1. The number of hydrogen-bond donors (Lipinski definition) is 2. The molecular weight excluding hydrogens is 388 g/mol. The summed E-state index contributed by atoms with van der Waals surface area (Å²) < 4.78 is 3.21. The predicted octanol–water partition coefficient (Wildman–Crippen LogP) is 0.532. The van der Waals surface area contributed by atoms with E-state index in [1.807, 2.05) is 0 Å². The summed E-state index contributed by atoms with van der Waals surface area (Å²) >= 11 is 0. The van der Waals surface area contributed by atoms with Crippen molar-refractivity contribution in [3.63, 3.8) is 0 Å². The summed E-state index contributed by atoms with van der Waals surface area (Å²) in [5, 5.41) is 10.0. The zero-order valence-electron chi connectivity index (χ0n) is 17.3. The monoisotopic (exact) mass is 418 g/mol. The highest BCUT2D eigenvalue weighted by molar-refractivity contribution is 6.07. The molecule has 4 amide bonds. The van der Waals surface area contributed by atoms with Crippen molar-refractivity contribution < 1.29 is 14.4 Å². The van der Waals surface area contributed by atoms with Gasteiger partial charge in [0.25, 0.3) is 5.91 Å². The van der Waals surface area contributed by atoms with E-state index in [4.69, 9.17) is 0 Å². The van der Waals surface area contributed by atoms with E-state index in [0.717, 1.165) is 50.9 Å². The van der Waals surface area contributed by atoms with Crippen molar-refractivity contribution in [2.24, 2.45) is 0 Å². The van der Waals surface area contributed by atoms with E-state index in [0.29, 0.717) is 32.4 Å². The van der Waals surface area contributed by atoms with Gasteiger partial charge in [-0.25, -0.2) is 14.3 Å². The van der Waals surface area contributed by atoms with Crippen LogP contribution in [0.4, 0.5) is 4.79 Å². The summed E-state index contributed by atoms with van der Waals surface area (Å²) in [6.45, 7) is 1.69. The van der Waals surface area contributed by atoms with Crippen LogP contribution in [0.3, 0.4) is 0 Å². The van der Waals surface area contributed by atoms with Gasteiger partial charge in [-0.05, 0) is 32.1 Å². The molecule has 164 valence electrons. The number of rotatable bonds is 7. The lowest BCUT2D eigenvalue weighted by Crippen LogP contribution is -2.48. The van der Waals surface area contributed by atoms with Crippen molar-refractivity contribution in [2.75, 3.05) is 13.1 Å². The van der Waals surface area contributed by atoms with Crippen LogP contribution in [0.2, 0.25) is 0 Å². The molecule has 0 unspecified atom stereocenters. The van der Waals surface area contributed by atoms with Crippen LogP contribution < -0.4 is 16.3 Å². The lowest BCUT2D eigenvalue weighted by molar-refractivity contribution is -0.132. The summed E-state index contributed by atoms with van der Waals surface area (Å²) in [6.07, 6.45) is 7.88. The van der Waals surface area contributed by atoms with E-state index in [2.05, 4.69) is 15.7 Å². The molecule has 4 rings (SSSR count). The fraction of sp³-hybridized carbons (Fsp3) is 0.750. The number of hydrogen-bond acceptors (Lipinski definition) is 5. The quantitative estimate of drug-likeness (QED) is 0.495. The topological polar surface area (TPSA) is 118 Å². The molecule has 1 aromatic heterocycles. The number of carbonyl (C=O) groups excluding carboxylic acids is 3. The largest absolute Gasteiger partial charge is 0.356 e. The van der Waals surface area contributed by atoms with Gasteiger partial charge in [-0.3, -0.25) is 19.1 Å². The molecule has 30 heavy (non-hydrogen) atoms. The van der Waals surface area contributed by atoms with E-state index in [9.17, 15) is 19.2 Å². The second-order valence-corrected chi connectivity index (χ2v) is 8.51. The van der Waals surface area contributed by atoms with Gasteiger partial charge in [0.05, 0.1) is 0 Å². The number of carbonyl (C=O) groups is 3. The minimum absolute atomic E-state index is 0.0773. The van der Waals surface area contributed by atoms with Gasteiger partial charge < -0.3 is 10.6 Å². The van der Waals surface area contributed by atoms with E-state index >= 15 is 0 Å². The zero-order valence-corrected chi connectivity index (χ0v) is 17.3. The van der Waals surface area contributed by atoms with Crippen LogP contribution in [-0.2, 0) is 29.1 Å². The van der Waals surface area contributed by atoms with Gasteiger partial charge in [-0.2, -0.15) is 5.10 Å². The van der Waals surface area contributed by atoms with Crippen LogP contribution >= 0.6 is 0 Å². The van der Waals surface area contributed by atoms with E-state index in [1.54, 1.807) is 4.57 Å². The molecule has 2 aliphatic heterocycles. The van der Waals surface area contributed by atoms with E-state index < -0.39 is 11.6 Å². The van der Waals surface area contributed by atoms with Crippen molar-refractivity contribution in [3.05, 3.63) is 16.3 Å². The molecule has 0 aromatic carbocycles. The molecule has 1 saturated heterocycles. The van der Waals surface area contributed by atoms with Crippen molar-refractivity contribution in [1.82, 2.24) is 29.9 Å². The lowest BCUT2D eigenvalue weighted by Gasteiger charge is -2.30. The standard InChI is InChI=1S/C20H30N6O4/c27-16(8-14-25-17(28)20(22-18(25)29)9-3-1-4-10-20)21-11-6-13-26-19(30)24-12-5-2-7-15(24)23-26/h1-14H2,(H,21,27)(H,22,29). The van der Waals surface area contributed by atoms with Crippen LogP contribution in [0.15, 0.2) is 4.79 Å². The second-order valence-electron chi connectivity index (χ2n) is 8.51. The minimum atomic E-state index is -0.747. The second kappa shape index (κ2) is 8.61. The van der Waals surface area contributed by atoms with Crippen molar-refractivity contribution >= 4 is 17.8 Å². The summed E-state index contributed by atoms with van der Waals surface area (Å²) in [4.78, 5) is 50.5. The summed E-state index contributed by atoms with van der Waals surface area (Å²) in [6, 6.07) is -0.391. The molecule has 1 spiro atoms. The number of nitrogens with zero attached hydrogens (tertiary/aromatic N) is 4. The minimum Gasteiger partial charge on any atom is -0.356 e. The van der Waals surface area contributed by atoms with Gasteiger partial charge in [-0.1, -0.05) is 19.3 Å². The molecule has 2 N–H and O–H groups in total. The molecule has 3 heterocycles. The Morgan fingerprint density at radius 1 is 1.07 bits per heavy atom. The summed E-state index contributed by atoms with van der Waals surface area (Å²) in [5.41, 5.74) is -0.825. The molecule has 2 fully saturated rings. The third-order valence-electron chi connectivity index (χ3n) is 6.42. The maximum atomic E-state index is 12.7. The number of fused-ring (bicyclic) bond motifs is 1. The first-order chi connectivity index (χ1) is 14.5. The smallest absolute Gasteiger partial charge is 0.345 e. The average Bonchev–Trinajstić information content (AvgIpc) is 3.18. The number of nitrogens with one attached hydrogen (secondary N) is 2. The zero-order chi connectivity index (χ0) is 21.1. The number of aryl methyl sites for hydroxylation is 2. The third-order valence-corrected chi connectivity index (χ3v) is 6.42. The Labute approximate surface area is 175 Å². The van der Waals surface area contributed by atoms with Crippen LogP contribution in [-0.4, -0.2) is 55.7 Å². The molecule has 1 aromatic rings. The highest BCUT2D eigenvalue weighted by Crippen LogP contribution is 2.33. The van der Waals surface area contributed by atoms with Crippen molar-refractivity contribution in [3.8, 4) is 0 Å². The SMILES string of the molecule is O=C(CCN1C(=O)NC2(CCCCC2)C1=O)NCCCn1nc2n(c1=O)CCCC2. The Hall–Kier alpha value is -2.65. The first-order valence-electron chi connectivity index (χ1n) is 11.1. The lowest BCUT2D eigenvalue weighted by atomic mass is 9.82. The normalized spacial score (nSPS) is 20.3. The molecule has 1 aliphatic carbocycles. The van der Waals surface area contributed by atoms with Crippen molar-refractivity contribution in [2.45, 2.75) is 82.8 Å². The molecule has 0 atom stereocenters. The average molecular weight is 418 g/mol. The van der Waals surface area contributed by atoms with Gasteiger partial charge in [0.15, 0.2) is 0 Å². The fourth-order valence-electron chi connectivity index (χ4n) is 4.73. The number of amides is 4. The highest BCUT2D eigenvalue weighted by Gasteiger charge is 2.51. The van der Waals surface area contributed by atoms with Gasteiger partial charge >= 0.3 is 11.7 Å². The number of imide groups is 1. The van der Waals surface area contributed by atoms with E-state index in [-0.39, 0.29) is 30.5 Å². The van der Waals surface area contributed by atoms with Crippen LogP contribution in [0.5, 0.6) is 0 Å². The van der Waals surface area contributed by atoms with Gasteiger partial charge in [0.2, 0.25) is 5.91 Å². The molecule has 0 bridgehead atoms. The predicted molar refractivity (Wildman–Crippen MR) is 108 cm³/mol. The first-order valence-corrected chi connectivity index (χ1v) is 11.1. The molecule has 0 radical (unpaired) electrons. The highest BCUT2D eigenvalue weighted by atomic mass is 16.2. The summed E-state index contributed by atoms with van der Waals surface area (Å²) in [7, 11) is 0. The number of aromatic nitrogens is 3. The Morgan fingerprint density at radius 3 is 2.63 bits per heavy atom. The molecule has 3 aliphatic rings. The fourth-order valence-corrected chi connectivity index (χ4v) is 4.73. The van der Waals surface area contributed by atoms with Crippen molar-refractivity contribution in [1.29, 1.82) is 0 Å². The van der Waals surface area contributed by atoms with Gasteiger partial charge in [-0.15, -0.1) is 0 Å². The molecule has 1 saturated carbocycles. The Bertz CT molecular complexity index is 882. The summed E-state index contributed by atoms with van der Waals surface area (Å²) in [5.74, 6) is 0.444. The Balaban J connectivity index is 1.19. The maximum absolute atomic E-state index is 12.7.